The molecule has 3 nitrogen and oxygen atoms in total. The van der Waals surface area contributed by atoms with Gasteiger partial charge in [0.1, 0.15) is 11.8 Å². The maximum absolute atomic E-state index is 11.2. The fourth-order valence-corrected chi connectivity index (χ4v) is 1.05. The summed E-state index contributed by atoms with van der Waals surface area (Å²) in [6.45, 7) is 2.07. The molecule has 0 aliphatic rings. The van der Waals surface area contributed by atoms with Crippen molar-refractivity contribution in [1.29, 1.82) is 0 Å². The molecule has 0 saturated carbocycles. The Kier molecular flexibility index (Phi) is 5.29. The number of carbonyl (C=O) groups excluding carboxylic acids is 1. The number of hydrogen-bond donors (Lipinski definition) is 0. The second-order valence-electron chi connectivity index (χ2n) is 2.98. The van der Waals surface area contributed by atoms with E-state index in [-0.39, 0.29) is 12.6 Å². The van der Waals surface area contributed by atoms with Gasteiger partial charge >= 0.3 is 5.97 Å². The Morgan fingerprint density at radius 3 is 2.94 bits per heavy atom. The van der Waals surface area contributed by atoms with Crippen molar-refractivity contribution in [2.24, 2.45) is 0 Å². The molecule has 0 saturated heterocycles. The molecular weight excluding hydrogens is 226 g/mol. The molecule has 84 valence electrons. The fraction of sp³-hybridized carbons (Fsp3) is 0.167. The Labute approximate surface area is 99.4 Å². The van der Waals surface area contributed by atoms with Crippen molar-refractivity contribution >= 4 is 17.6 Å². The molecule has 0 N–H and O–H groups in total. The van der Waals surface area contributed by atoms with E-state index in [1.807, 2.05) is 13.0 Å². The maximum Gasteiger partial charge on any atom is 0.331 e. The van der Waals surface area contributed by atoms with E-state index in [9.17, 15) is 4.79 Å². The van der Waals surface area contributed by atoms with Crippen LogP contribution in [-0.4, -0.2) is 11.0 Å². The second-order valence-corrected chi connectivity index (χ2v) is 3.37. The van der Waals surface area contributed by atoms with E-state index in [0.717, 1.165) is 5.56 Å². The third-order valence-electron chi connectivity index (χ3n) is 1.71. The van der Waals surface area contributed by atoms with Gasteiger partial charge in [-0.25, -0.2) is 9.78 Å². The van der Waals surface area contributed by atoms with Crippen molar-refractivity contribution in [2.75, 3.05) is 0 Å². The summed E-state index contributed by atoms with van der Waals surface area (Å²) >= 11 is 5.62. The normalized spacial score (nSPS) is 11.1. The number of aromatic nitrogens is 1. The predicted molar refractivity (Wildman–Crippen MR) is 63.0 cm³/mol. The van der Waals surface area contributed by atoms with E-state index in [2.05, 4.69) is 4.98 Å². The highest BCUT2D eigenvalue weighted by Crippen LogP contribution is 2.06. The Bertz CT molecular complexity index is 396. The molecule has 0 bridgehead atoms. The molecular formula is C12H12ClNO2. The summed E-state index contributed by atoms with van der Waals surface area (Å²) in [6, 6.07) is 3.42. The first kappa shape index (κ1) is 12.5. The third kappa shape index (κ3) is 4.75. The van der Waals surface area contributed by atoms with E-state index in [4.69, 9.17) is 16.3 Å². The van der Waals surface area contributed by atoms with Gasteiger partial charge in [0, 0.05) is 17.8 Å². The summed E-state index contributed by atoms with van der Waals surface area (Å²) in [4.78, 5) is 15.0. The lowest BCUT2D eigenvalue weighted by atomic mass is 10.3. The lowest BCUT2D eigenvalue weighted by molar-refractivity contribution is -0.139. The molecule has 0 aliphatic carbocycles. The lowest BCUT2D eigenvalue weighted by Crippen LogP contribution is -2.00. The molecule has 1 rings (SSSR count). The van der Waals surface area contributed by atoms with E-state index >= 15 is 0 Å². The van der Waals surface area contributed by atoms with Gasteiger partial charge in [0.25, 0.3) is 0 Å². The number of esters is 1. The van der Waals surface area contributed by atoms with E-state index in [0.29, 0.717) is 5.15 Å². The highest BCUT2D eigenvalue weighted by Gasteiger charge is 1.98. The minimum absolute atomic E-state index is 0.198. The molecule has 0 amide bonds. The van der Waals surface area contributed by atoms with Crippen LogP contribution in [0.4, 0.5) is 0 Å². The Morgan fingerprint density at radius 2 is 2.31 bits per heavy atom. The van der Waals surface area contributed by atoms with Crippen LogP contribution in [0.5, 0.6) is 0 Å². The molecule has 16 heavy (non-hydrogen) atoms. The fourth-order valence-electron chi connectivity index (χ4n) is 0.940. The first-order chi connectivity index (χ1) is 7.72. The zero-order valence-electron chi connectivity index (χ0n) is 8.89. The summed E-state index contributed by atoms with van der Waals surface area (Å²) in [5, 5.41) is 0.419. The van der Waals surface area contributed by atoms with E-state index in [1.165, 1.54) is 6.08 Å². The highest BCUT2D eigenvalue weighted by atomic mass is 35.5. The van der Waals surface area contributed by atoms with Crippen LogP contribution in [-0.2, 0) is 16.1 Å². The number of allylic oxidation sites excluding steroid dienone is 3. The zero-order valence-corrected chi connectivity index (χ0v) is 9.65. The highest BCUT2D eigenvalue weighted by molar-refractivity contribution is 6.29. The zero-order chi connectivity index (χ0) is 11.8. The largest absolute Gasteiger partial charge is 0.458 e. The summed E-state index contributed by atoms with van der Waals surface area (Å²) in [5.74, 6) is -0.381. The van der Waals surface area contributed by atoms with Gasteiger partial charge in [-0.15, -0.1) is 0 Å². The molecule has 0 aliphatic heterocycles. The van der Waals surface area contributed by atoms with Gasteiger partial charge in [-0.3, -0.25) is 0 Å². The van der Waals surface area contributed by atoms with Crippen LogP contribution in [0.1, 0.15) is 12.5 Å². The molecule has 0 aromatic carbocycles. The monoisotopic (exact) mass is 237 g/mol. The molecule has 1 aromatic rings. The van der Waals surface area contributed by atoms with Crippen molar-refractivity contribution in [2.45, 2.75) is 13.5 Å². The van der Waals surface area contributed by atoms with Gasteiger partial charge in [0.2, 0.25) is 0 Å². The number of nitrogens with zero attached hydrogens (tertiary/aromatic N) is 1. The second kappa shape index (κ2) is 6.80. The van der Waals surface area contributed by atoms with Gasteiger partial charge in [-0.2, -0.15) is 0 Å². The lowest BCUT2D eigenvalue weighted by Gasteiger charge is -2.01. The average Bonchev–Trinajstić information content (AvgIpc) is 2.29. The van der Waals surface area contributed by atoms with Crippen molar-refractivity contribution in [3.8, 4) is 0 Å². The van der Waals surface area contributed by atoms with Crippen LogP contribution in [0.3, 0.4) is 0 Å². The van der Waals surface area contributed by atoms with Crippen molar-refractivity contribution < 1.29 is 9.53 Å². The third-order valence-corrected chi connectivity index (χ3v) is 1.93. The standard InChI is InChI=1S/C12H12ClNO2/c1-2-3-4-5-12(15)16-9-10-6-7-11(13)14-8-10/h2-8H,9H2,1H3/b3-2+,5-4+. The Balaban J connectivity index is 2.40. The van der Waals surface area contributed by atoms with Crippen LogP contribution < -0.4 is 0 Å². The summed E-state index contributed by atoms with van der Waals surface area (Å²) in [6.07, 6.45) is 8.15. The van der Waals surface area contributed by atoms with Crippen LogP contribution in [0.25, 0.3) is 0 Å². The van der Waals surface area contributed by atoms with E-state index < -0.39 is 0 Å². The summed E-state index contributed by atoms with van der Waals surface area (Å²) in [7, 11) is 0. The number of pyridine rings is 1. The molecule has 0 radical (unpaired) electrons. The number of halogens is 1. The number of ether oxygens (including phenoxy) is 1. The average molecular weight is 238 g/mol. The van der Waals surface area contributed by atoms with Crippen LogP contribution >= 0.6 is 11.6 Å². The summed E-state index contributed by atoms with van der Waals surface area (Å²) < 4.78 is 4.97. The van der Waals surface area contributed by atoms with Gasteiger partial charge in [-0.05, 0) is 13.0 Å². The van der Waals surface area contributed by atoms with Gasteiger partial charge in [0.15, 0.2) is 0 Å². The first-order valence-corrected chi connectivity index (χ1v) is 5.16. The molecule has 4 heteroatoms. The first-order valence-electron chi connectivity index (χ1n) is 4.79. The summed E-state index contributed by atoms with van der Waals surface area (Å²) in [5.41, 5.74) is 0.803. The van der Waals surface area contributed by atoms with Gasteiger partial charge < -0.3 is 4.74 Å². The quantitative estimate of drug-likeness (QED) is 0.350. The van der Waals surface area contributed by atoms with Crippen molar-refractivity contribution in [3.05, 3.63) is 53.4 Å². The SMILES string of the molecule is C/C=C/C=C/C(=O)OCc1ccc(Cl)nc1. The smallest absolute Gasteiger partial charge is 0.331 e. The van der Waals surface area contributed by atoms with Crippen molar-refractivity contribution in [1.82, 2.24) is 4.98 Å². The predicted octanol–water partition coefficient (Wildman–Crippen LogP) is 2.91. The minimum atomic E-state index is -0.381. The maximum atomic E-state index is 11.2. The van der Waals surface area contributed by atoms with Crippen LogP contribution in [0.2, 0.25) is 5.15 Å². The molecule has 0 fully saturated rings. The topological polar surface area (TPSA) is 39.2 Å². The van der Waals surface area contributed by atoms with E-state index in [1.54, 1.807) is 30.5 Å². The number of rotatable bonds is 4. The molecule has 0 spiro atoms. The molecule has 1 heterocycles. The van der Waals surface area contributed by atoms with Crippen molar-refractivity contribution in [3.63, 3.8) is 0 Å². The van der Waals surface area contributed by atoms with Crippen LogP contribution in [0.15, 0.2) is 42.6 Å². The Hall–Kier alpha value is -1.61. The van der Waals surface area contributed by atoms with Gasteiger partial charge in [0.05, 0.1) is 0 Å². The number of carbonyl (C=O) groups is 1. The molecule has 0 atom stereocenters. The number of hydrogen-bond acceptors (Lipinski definition) is 3. The van der Waals surface area contributed by atoms with Crippen LogP contribution in [0, 0.1) is 0 Å². The molecule has 0 unspecified atom stereocenters. The minimum Gasteiger partial charge on any atom is -0.458 e. The van der Waals surface area contributed by atoms with Gasteiger partial charge in [-0.1, -0.05) is 35.9 Å². The Morgan fingerprint density at radius 1 is 1.50 bits per heavy atom. The molecule has 1 aromatic heterocycles.